The number of fused-ring (bicyclic) bond motifs is 3. The Kier molecular flexibility index (Phi) is 4.05. The molecule has 0 bridgehead atoms. The van der Waals surface area contributed by atoms with Crippen LogP contribution in [0.3, 0.4) is 0 Å². The Morgan fingerprint density at radius 2 is 1.96 bits per heavy atom. The van der Waals surface area contributed by atoms with E-state index in [2.05, 4.69) is 0 Å². The SMILES string of the molecule is CC1Sc2c(C(=O)O)c(=O)c3cc(F)c(-c4ccc(CN)cc4)c(F)c3n21. The van der Waals surface area contributed by atoms with Crippen molar-refractivity contribution in [3.05, 3.63) is 63.3 Å². The summed E-state index contributed by atoms with van der Waals surface area (Å²) in [6.07, 6.45) is 0. The highest BCUT2D eigenvalue weighted by atomic mass is 32.2. The van der Waals surface area contributed by atoms with Crippen molar-refractivity contribution in [1.29, 1.82) is 0 Å². The highest BCUT2D eigenvalue weighted by Crippen LogP contribution is 2.47. The number of halogens is 2. The van der Waals surface area contributed by atoms with Crippen LogP contribution in [0.25, 0.3) is 22.0 Å². The second-order valence-electron chi connectivity index (χ2n) is 6.25. The first-order chi connectivity index (χ1) is 12.8. The maximum absolute atomic E-state index is 15.4. The summed E-state index contributed by atoms with van der Waals surface area (Å²) in [5.74, 6) is -3.21. The fraction of sp³-hybridized carbons (Fsp3) is 0.158. The van der Waals surface area contributed by atoms with Crippen molar-refractivity contribution >= 4 is 28.6 Å². The van der Waals surface area contributed by atoms with Gasteiger partial charge < -0.3 is 15.4 Å². The lowest BCUT2D eigenvalue weighted by Gasteiger charge is -2.33. The zero-order valence-electron chi connectivity index (χ0n) is 14.1. The Hall–Kier alpha value is -2.71. The molecule has 1 aromatic heterocycles. The Labute approximate surface area is 156 Å². The highest BCUT2D eigenvalue weighted by Gasteiger charge is 2.35. The first-order valence-corrected chi connectivity index (χ1v) is 9.02. The summed E-state index contributed by atoms with van der Waals surface area (Å²) in [6, 6.07) is 7.40. The number of hydrogen-bond acceptors (Lipinski definition) is 4. The molecule has 1 aliphatic heterocycles. The number of pyridine rings is 1. The van der Waals surface area contributed by atoms with Gasteiger partial charge >= 0.3 is 5.97 Å². The van der Waals surface area contributed by atoms with E-state index < -0.39 is 28.6 Å². The number of carboxylic acid groups (broad SMARTS) is 1. The van der Waals surface area contributed by atoms with Crippen LogP contribution in [0.15, 0.2) is 40.2 Å². The molecule has 4 rings (SSSR count). The molecule has 8 heteroatoms. The Bertz CT molecular complexity index is 1170. The van der Waals surface area contributed by atoms with E-state index >= 15 is 4.39 Å². The molecule has 1 aliphatic rings. The second kappa shape index (κ2) is 6.17. The Balaban J connectivity index is 2.09. The first kappa shape index (κ1) is 17.7. The van der Waals surface area contributed by atoms with Gasteiger partial charge in [-0.25, -0.2) is 13.6 Å². The number of aromatic nitrogens is 1. The molecule has 0 saturated carbocycles. The fourth-order valence-electron chi connectivity index (χ4n) is 3.36. The summed E-state index contributed by atoms with van der Waals surface area (Å²) >= 11 is 1.17. The summed E-state index contributed by atoms with van der Waals surface area (Å²) < 4.78 is 31.6. The summed E-state index contributed by atoms with van der Waals surface area (Å²) in [5.41, 5.74) is 5.01. The molecule has 0 fully saturated rings. The van der Waals surface area contributed by atoms with Gasteiger partial charge in [-0.05, 0) is 24.1 Å². The van der Waals surface area contributed by atoms with E-state index in [0.29, 0.717) is 12.1 Å². The number of carbonyl (C=O) groups is 1. The third kappa shape index (κ3) is 2.48. The molecule has 0 amide bonds. The second-order valence-corrected chi connectivity index (χ2v) is 7.55. The van der Waals surface area contributed by atoms with Crippen LogP contribution in [0.4, 0.5) is 8.78 Å². The van der Waals surface area contributed by atoms with Crippen molar-refractivity contribution in [2.45, 2.75) is 23.9 Å². The molecule has 138 valence electrons. The topological polar surface area (TPSA) is 85.3 Å². The molecule has 5 nitrogen and oxygen atoms in total. The third-order valence-electron chi connectivity index (χ3n) is 4.68. The number of carboxylic acids is 1. The van der Waals surface area contributed by atoms with E-state index in [9.17, 15) is 19.1 Å². The lowest BCUT2D eigenvalue weighted by molar-refractivity contribution is 0.0689. The first-order valence-electron chi connectivity index (χ1n) is 8.14. The molecule has 27 heavy (non-hydrogen) atoms. The molecule has 0 spiro atoms. The van der Waals surface area contributed by atoms with Gasteiger partial charge in [0.25, 0.3) is 0 Å². The summed E-state index contributed by atoms with van der Waals surface area (Å²) in [7, 11) is 0. The number of hydrogen-bond donors (Lipinski definition) is 2. The van der Waals surface area contributed by atoms with E-state index in [1.165, 1.54) is 16.3 Å². The van der Waals surface area contributed by atoms with E-state index in [4.69, 9.17) is 5.73 Å². The zero-order valence-corrected chi connectivity index (χ0v) is 14.9. The van der Waals surface area contributed by atoms with Crippen molar-refractivity contribution in [1.82, 2.24) is 4.57 Å². The van der Waals surface area contributed by atoms with Gasteiger partial charge in [0.15, 0.2) is 5.82 Å². The van der Waals surface area contributed by atoms with Crippen LogP contribution in [0.1, 0.15) is 28.2 Å². The van der Waals surface area contributed by atoms with Crippen molar-refractivity contribution in [3.8, 4) is 11.1 Å². The van der Waals surface area contributed by atoms with Gasteiger partial charge in [0.05, 0.1) is 26.9 Å². The molecular weight excluding hydrogens is 374 g/mol. The largest absolute Gasteiger partial charge is 0.477 e. The number of nitrogens with zero attached hydrogens (tertiary/aromatic N) is 1. The van der Waals surface area contributed by atoms with Gasteiger partial charge in [0.2, 0.25) is 5.43 Å². The molecule has 0 aliphatic carbocycles. The van der Waals surface area contributed by atoms with Crippen LogP contribution in [0, 0.1) is 11.6 Å². The van der Waals surface area contributed by atoms with Crippen LogP contribution in [-0.2, 0) is 6.54 Å². The van der Waals surface area contributed by atoms with E-state index in [1.807, 2.05) is 0 Å². The Morgan fingerprint density at radius 1 is 1.30 bits per heavy atom. The van der Waals surface area contributed by atoms with Crippen LogP contribution in [0.2, 0.25) is 0 Å². The monoisotopic (exact) mass is 388 g/mol. The van der Waals surface area contributed by atoms with E-state index in [0.717, 1.165) is 11.6 Å². The number of benzene rings is 2. The molecule has 1 unspecified atom stereocenters. The highest BCUT2D eigenvalue weighted by molar-refractivity contribution is 8.00. The van der Waals surface area contributed by atoms with E-state index in [-0.39, 0.29) is 26.9 Å². The summed E-state index contributed by atoms with van der Waals surface area (Å²) in [5, 5.41) is 8.98. The lowest BCUT2D eigenvalue weighted by Crippen LogP contribution is -2.29. The zero-order chi connectivity index (χ0) is 19.5. The average Bonchev–Trinajstić information content (AvgIpc) is 2.62. The fourth-order valence-corrected chi connectivity index (χ4v) is 4.50. The van der Waals surface area contributed by atoms with Gasteiger partial charge in [0.1, 0.15) is 11.4 Å². The van der Waals surface area contributed by atoms with Crippen LogP contribution in [0.5, 0.6) is 0 Å². The Morgan fingerprint density at radius 3 is 2.52 bits per heavy atom. The summed E-state index contributed by atoms with van der Waals surface area (Å²) in [4.78, 5) is 24.0. The molecule has 1 atom stereocenters. The molecular formula is C19H14F2N2O3S. The average molecular weight is 388 g/mol. The normalized spacial score (nSPS) is 15.5. The van der Waals surface area contributed by atoms with Crippen molar-refractivity contribution < 1.29 is 18.7 Å². The van der Waals surface area contributed by atoms with Crippen molar-refractivity contribution in [2.24, 2.45) is 5.73 Å². The maximum atomic E-state index is 15.4. The number of aromatic carboxylic acids is 1. The molecule has 2 aromatic carbocycles. The maximum Gasteiger partial charge on any atom is 0.342 e. The number of rotatable bonds is 3. The van der Waals surface area contributed by atoms with Gasteiger partial charge in [-0.1, -0.05) is 36.0 Å². The lowest BCUT2D eigenvalue weighted by atomic mass is 9.99. The van der Waals surface area contributed by atoms with Crippen LogP contribution in [-0.4, -0.2) is 15.6 Å². The minimum atomic E-state index is -1.41. The minimum absolute atomic E-state index is 0.0782. The molecule has 0 saturated heterocycles. The number of nitrogens with two attached hydrogens (primary N) is 1. The quantitative estimate of drug-likeness (QED) is 0.714. The van der Waals surface area contributed by atoms with Crippen molar-refractivity contribution in [2.75, 3.05) is 0 Å². The van der Waals surface area contributed by atoms with Crippen molar-refractivity contribution in [3.63, 3.8) is 0 Å². The minimum Gasteiger partial charge on any atom is -0.477 e. The third-order valence-corrected chi connectivity index (χ3v) is 5.85. The summed E-state index contributed by atoms with van der Waals surface area (Å²) in [6.45, 7) is 2.06. The van der Waals surface area contributed by atoms with Crippen LogP contribution >= 0.6 is 11.8 Å². The van der Waals surface area contributed by atoms with Gasteiger partial charge in [0, 0.05) is 6.54 Å². The number of thioether (sulfide) groups is 1. The smallest absolute Gasteiger partial charge is 0.342 e. The van der Waals surface area contributed by atoms with Gasteiger partial charge in [-0.15, -0.1) is 0 Å². The van der Waals surface area contributed by atoms with Crippen LogP contribution < -0.4 is 11.2 Å². The van der Waals surface area contributed by atoms with Gasteiger partial charge in [-0.2, -0.15) is 0 Å². The predicted molar refractivity (Wildman–Crippen MR) is 99.0 cm³/mol. The molecule has 3 N–H and O–H groups in total. The van der Waals surface area contributed by atoms with E-state index in [1.54, 1.807) is 31.2 Å². The molecule has 0 radical (unpaired) electrons. The molecule has 3 aromatic rings. The van der Waals surface area contributed by atoms with Gasteiger partial charge in [-0.3, -0.25) is 4.79 Å². The predicted octanol–water partition coefficient (Wildman–Crippen LogP) is 3.73. The standard InChI is InChI=1S/C19H14F2N2O3S/c1-8-23-16-11(17(24)14(19(25)26)18(23)27-8)6-12(20)13(15(16)21)10-4-2-9(7-22)3-5-10/h2-6,8H,7,22H2,1H3,(H,25,26). The molecule has 2 heterocycles.